The zero-order valence-electron chi connectivity index (χ0n) is 62.7. The molecule has 0 saturated heterocycles. The molecule has 570 valence electrons. The number of carbonyl (C=O) groups excluding carboxylic acids is 4. The molecule has 0 heterocycles. The highest BCUT2D eigenvalue weighted by Gasteiger charge is 2.30. The number of aliphatic hydroxyl groups excluding tert-OH is 1. The van der Waals surface area contributed by atoms with E-state index in [0.717, 1.165) is 102 Å². The van der Waals surface area contributed by atoms with E-state index in [1.165, 1.54) is 218 Å². The van der Waals surface area contributed by atoms with E-state index in [0.29, 0.717) is 25.7 Å². The van der Waals surface area contributed by atoms with Gasteiger partial charge < -0.3 is 33.8 Å². The molecule has 0 radical (unpaired) electrons. The Morgan fingerprint density at radius 2 is 0.479 bits per heavy atom. The standard InChI is InChI=1S/C77H150O17P2/c1-7-9-11-13-15-17-35-41-47-53-59-74(79)87-65-72(93-76(81)61-55-49-43-36-18-16-14-12-10-8-2)67-91-95(83,84)89-63-71(78)64-90-96(85,86)92-68-73(66-88-75(80)60-54-48-42-37-31-27-24-23-26-30-34-40-46-52-58-70(5)6)94-77(82)62-56-50-44-38-32-28-22-20-19-21-25-29-33-39-45-51-57-69(3)4/h69-73,78H,7-68H2,1-6H3,(H,83,84)(H,85,86)/t71-,72+,73+/m0/s1. The predicted octanol–water partition coefficient (Wildman–Crippen LogP) is 22.7. The summed E-state index contributed by atoms with van der Waals surface area (Å²) in [6.45, 7) is 9.64. The Hall–Kier alpha value is -1.94. The van der Waals surface area contributed by atoms with Crippen molar-refractivity contribution in [2.24, 2.45) is 11.8 Å². The summed E-state index contributed by atoms with van der Waals surface area (Å²) in [7, 11) is -9.91. The number of ether oxygens (including phenoxy) is 4. The molecule has 2 unspecified atom stereocenters. The summed E-state index contributed by atoms with van der Waals surface area (Å²) in [4.78, 5) is 72.8. The van der Waals surface area contributed by atoms with Crippen molar-refractivity contribution in [1.29, 1.82) is 0 Å². The van der Waals surface area contributed by atoms with Crippen molar-refractivity contribution in [2.45, 2.75) is 419 Å². The Labute approximate surface area is 588 Å². The monoisotopic (exact) mass is 1410 g/mol. The number of hydrogen-bond acceptors (Lipinski definition) is 15. The molecule has 0 amide bonds. The highest BCUT2D eigenvalue weighted by molar-refractivity contribution is 7.47. The van der Waals surface area contributed by atoms with Gasteiger partial charge >= 0.3 is 39.5 Å². The number of phosphoric ester groups is 2. The van der Waals surface area contributed by atoms with Crippen molar-refractivity contribution in [3.63, 3.8) is 0 Å². The van der Waals surface area contributed by atoms with Gasteiger partial charge in [0.05, 0.1) is 26.4 Å². The third-order valence-electron chi connectivity index (χ3n) is 18.0. The lowest BCUT2D eigenvalue weighted by Crippen LogP contribution is -2.30. The molecule has 5 atom stereocenters. The molecular formula is C77H150O17P2. The van der Waals surface area contributed by atoms with E-state index in [1.54, 1.807) is 0 Å². The Morgan fingerprint density at radius 3 is 0.708 bits per heavy atom. The van der Waals surface area contributed by atoms with Crippen molar-refractivity contribution in [3.05, 3.63) is 0 Å². The Morgan fingerprint density at radius 1 is 0.281 bits per heavy atom. The third kappa shape index (κ3) is 70.5. The van der Waals surface area contributed by atoms with Gasteiger partial charge in [-0.15, -0.1) is 0 Å². The molecule has 0 fully saturated rings. The number of aliphatic hydroxyl groups is 1. The summed E-state index contributed by atoms with van der Waals surface area (Å²) < 4.78 is 68.5. The highest BCUT2D eigenvalue weighted by Crippen LogP contribution is 2.45. The van der Waals surface area contributed by atoms with E-state index in [9.17, 15) is 43.2 Å². The van der Waals surface area contributed by atoms with E-state index in [-0.39, 0.29) is 25.7 Å². The van der Waals surface area contributed by atoms with Gasteiger partial charge in [0.1, 0.15) is 19.3 Å². The Kier molecular flexibility index (Phi) is 67.4. The third-order valence-corrected chi connectivity index (χ3v) is 19.9. The van der Waals surface area contributed by atoms with Gasteiger partial charge in [0.25, 0.3) is 0 Å². The zero-order chi connectivity index (χ0) is 70.7. The molecule has 0 aliphatic rings. The summed E-state index contributed by atoms with van der Waals surface area (Å²) in [5.41, 5.74) is 0. The topological polar surface area (TPSA) is 237 Å². The van der Waals surface area contributed by atoms with Crippen LogP contribution in [0, 0.1) is 11.8 Å². The first-order valence-electron chi connectivity index (χ1n) is 40.0. The molecule has 0 aliphatic heterocycles. The largest absolute Gasteiger partial charge is 0.472 e. The van der Waals surface area contributed by atoms with Gasteiger partial charge in [0.15, 0.2) is 12.2 Å². The SMILES string of the molecule is CCCCCCCCCCCCC(=O)OC[C@H](COP(=O)(O)OC[C@H](O)COP(=O)(O)OC[C@@H](COC(=O)CCCCCCCCCCCCCCCCC(C)C)OC(=O)CCCCCCCCCCCCCCCCCCC(C)C)OC(=O)CCCCCCCCCCCC. The molecule has 0 rings (SSSR count). The zero-order valence-corrected chi connectivity index (χ0v) is 64.5. The molecule has 0 spiro atoms. The van der Waals surface area contributed by atoms with E-state index in [1.807, 2.05) is 0 Å². The number of esters is 4. The van der Waals surface area contributed by atoms with Gasteiger partial charge in [-0.05, 0) is 37.5 Å². The van der Waals surface area contributed by atoms with Gasteiger partial charge in [-0.3, -0.25) is 37.3 Å². The van der Waals surface area contributed by atoms with Gasteiger partial charge in [0, 0.05) is 25.7 Å². The minimum absolute atomic E-state index is 0.107. The molecule has 0 bridgehead atoms. The smallest absolute Gasteiger partial charge is 0.462 e. The van der Waals surface area contributed by atoms with Crippen LogP contribution in [-0.2, 0) is 65.4 Å². The lowest BCUT2D eigenvalue weighted by Gasteiger charge is -2.21. The highest BCUT2D eigenvalue weighted by atomic mass is 31.2. The van der Waals surface area contributed by atoms with Crippen LogP contribution in [0.3, 0.4) is 0 Å². The van der Waals surface area contributed by atoms with Crippen molar-refractivity contribution < 1.29 is 80.2 Å². The van der Waals surface area contributed by atoms with E-state index >= 15 is 0 Å². The molecule has 96 heavy (non-hydrogen) atoms. The molecule has 0 aromatic carbocycles. The van der Waals surface area contributed by atoms with Crippen molar-refractivity contribution >= 4 is 39.5 Å². The quantitative estimate of drug-likeness (QED) is 0.0222. The second kappa shape index (κ2) is 68.8. The molecule has 0 aliphatic carbocycles. The lowest BCUT2D eigenvalue weighted by molar-refractivity contribution is -0.161. The fourth-order valence-electron chi connectivity index (χ4n) is 11.8. The van der Waals surface area contributed by atoms with Crippen molar-refractivity contribution in [1.82, 2.24) is 0 Å². The summed E-state index contributed by atoms with van der Waals surface area (Å²) in [6.07, 6.45) is 56.8. The van der Waals surface area contributed by atoms with Gasteiger partial charge in [-0.25, -0.2) is 9.13 Å². The first-order valence-corrected chi connectivity index (χ1v) is 43.0. The van der Waals surface area contributed by atoms with Crippen molar-refractivity contribution in [2.75, 3.05) is 39.6 Å². The number of hydrogen-bond donors (Lipinski definition) is 3. The Balaban J connectivity index is 5.21. The molecular weight excluding hydrogens is 1260 g/mol. The molecule has 0 saturated carbocycles. The van der Waals surface area contributed by atoms with Crippen LogP contribution in [0.1, 0.15) is 401 Å². The normalized spacial score (nSPS) is 14.0. The first kappa shape index (κ1) is 94.1. The average molecular weight is 1410 g/mol. The number of carbonyl (C=O) groups is 4. The van der Waals surface area contributed by atoms with Crippen LogP contribution in [-0.4, -0.2) is 96.7 Å². The van der Waals surface area contributed by atoms with Gasteiger partial charge in [0.2, 0.25) is 0 Å². The summed E-state index contributed by atoms with van der Waals surface area (Å²) >= 11 is 0. The van der Waals surface area contributed by atoms with Gasteiger partial charge in [-0.2, -0.15) is 0 Å². The molecule has 3 N–H and O–H groups in total. The van der Waals surface area contributed by atoms with Crippen LogP contribution < -0.4 is 0 Å². The molecule has 19 heteroatoms. The number of unbranched alkanes of at least 4 members (excludes halogenated alkanes) is 46. The maximum absolute atomic E-state index is 13.1. The minimum Gasteiger partial charge on any atom is -0.462 e. The summed E-state index contributed by atoms with van der Waals surface area (Å²) in [5, 5.41) is 10.6. The maximum Gasteiger partial charge on any atom is 0.472 e. The first-order chi connectivity index (χ1) is 46.4. The van der Waals surface area contributed by atoms with Crippen LogP contribution in [0.5, 0.6) is 0 Å². The van der Waals surface area contributed by atoms with E-state index in [2.05, 4.69) is 41.5 Å². The summed E-state index contributed by atoms with van der Waals surface area (Å²) in [6, 6.07) is 0. The fraction of sp³-hybridized carbons (Fsp3) is 0.948. The lowest BCUT2D eigenvalue weighted by atomic mass is 10.0. The molecule has 0 aromatic heterocycles. The Bertz CT molecular complexity index is 1860. The number of rotatable bonds is 76. The van der Waals surface area contributed by atoms with Crippen LogP contribution >= 0.6 is 15.6 Å². The molecule has 0 aromatic rings. The second-order valence-corrected chi connectivity index (χ2v) is 31.6. The van der Waals surface area contributed by atoms with Crippen LogP contribution in [0.25, 0.3) is 0 Å². The second-order valence-electron chi connectivity index (χ2n) is 28.7. The summed E-state index contributed by atoms with van der Waals surface area (Å²) in [5.74, 6) is -0.506. The van der Waals surface area contributed by atoms with Crippen LogP contribution in [0.15, 0.2) is 0 Å². The average Bonchev–Trinajstić information content (AvgIpc) is 1.13. The molecule has 17 nitrogen and oxygen atoms in total. The fourth-order valence-corrected chi connectivity index (χ4v) is 13.4. The van der Waals surface area contributed by atoms with Crippen LogP contribution in [0.4, 0.5) is 0 Å². The van der Waals surface area contributed by atoms with E-state index in [4.69, 9.17) is 37.0 Å². The maximum atomic E-state index is 13.1. The van der Waals surface area contributed by atoms with Gasteiger partial charge in [-0.1, -0.05) is 350 Å². The van der Waals surface area contributed by atoms with E-state index < -0.39 is 97.5 Å². The predicted molar refractivity (Wildman–Crippen MR) is 391 cm³/mol. The minimum atomic E-state index is -4.96. The number of phosphoric acid groups is 2. The van der Waals surface area contributed by atoms with Crippen LogP contribution in [0.2, 0.25) is 0 Å². The van der Waals surface area contributed by atoms with Crippen molar-refractivity contribution in [3.8, 4) is 0 Å².